The van der Waals surface area contributed by atoms with Gasteiger partial charge in [-0.2, -0.15) is 0 Å². The fraction of sp³-hybridized carbons (Fsp3) is 0.500. The van der Waals surface area contributed by atoms with Crippen molar-refractivity contribution >= 4 is 27.8 Å². The molecule has 5 rings (SSSR count). The molecule has 206 valence electrons. The fourth-order valence-corrected chi connectivity index (χ4v) is 5.74. The van der Waals surface area contributed by atoms with Gasteiger partial charge in [0.05, 0.1) is 35.7 Å². The predicted molar refractivity (Wildman–Crippen MR) is 144 cm³/mol. The highest BCUT2D eigenvalue weighted by molar-refractivity contribution is 5.99. The van der Waals surface area contributed by atoms with Crippen molar-refractivity contribution in [2.45, 2.75) is 76.8 Å². The van der Waals surface area contributed by atoms with E-state index in [1.165, 1.54) is 6.92 Å². The van der Waals surface area contributed by atoms with E-state index in [2.05, 4.69) is 10.0 Å². The molecule has 0 unspecified atom stereocenters. The molecule has 5 atom stereocenters. The maximum atomic E-state index is 13.6. The molecule has 11 nitrogen and oxygen atoms in total. The van der Waals surface area contributed by atoms with E-state index in [1.807, 2.05) is 49.7 Å². The normalized spacial score (nSPS) is 25.8. The van der Waals surface area contributed by atoms with Crippen molar-refractivity contribution in [2.75, 3.05) is 7.11 Å². The first-order chi connectivity index (χ1) is 18.6. The summed E-state index contributed by atoms with van der Waals surface area (Å²) in [5.41, 5.74) is 10.6. The Labute approximate surface area is 225 Å². The third-order valence-corrected chi connectivity index (χ3v) is 7.62. The van der Waals surface area contributed by atoms with Gasteiger partial charge in [0.1, 0.15) is 29.3 Å². The predicted octanol–water partition coefficient (Wildman–Crippen LogP) is 4.54. The number of methoxy groups -OCH3 is 1. The van der Waals surface area contributed by atoms with Crippen molar-refractivity contribution in [3.63, 3.8) is 0 Å². The highest BCUT2D eigenvalue weighted by Crippen LogP contribution is 2.43. The molecular weight excluding hydrogens is 504 g/mol. The van der Waals surface area contributed by atoms with Crippen LogP contribution in [0.4, 0.5) is 0 Å². The monoisotopic (exact) mass is 536 g/mol. The van der Waals surface area contributed by atoms with Crippen LogP contribution in [0.5, 0.6) is 11.5 Å². The van der Waals surface area contributed by atoms with E-state index in [-0.39, 0.29) is 11.8 Å². The Hall–Kier alpha value is -3.79. The van der Waals surface area contributed by atoms with Crippen molar-refractivity contribution < 1.29 is 28.5 Å². The number of aryl methyl sites for hydroxylation is 1. The first-order valence-electron chi connectivity index (χ1n) is 12.9. The van der Waals surface area contributed by atoms with Crippen LogP contribution in [0.3, 0.4) is 0 Å². The van der Waals surface area contributed by atoms with Crippen LogP contribution in [0.2, 0.25) is 0 Å². The molecule has 0 saturated carbocycles. The smallest absolute Gasteiger partial charge is 0.303 e. The second-order valence-corrected chi connectivity index (χ2v) is 10.6. The zero-order chi connectivity index (χ0) is 28.1. The first kappa shape index (κ1) is 26.8. The SMILES string of the molecule is COc1cc2c(c3c1c(=O)c1ccccc1n3C)C[C@@H](O[C@@H]1C[C@H](N=[N+]=[N-])[C@H](OC(C)=O)[C@H](C)O1)C(C)(C)O2. The average Bonchev–Trinajstić information content (AvgIpc) is 2.88. The number of aromatic nitrogens is 1. The van der Waals surface area contributed by atoms with E-state index in [1.54, 1.807) is 20.1 Å². The van der Waals surface area contributed by atoms with E-state index < -0.39 is 42.2 Å². The number of rotatable bonds is 5. The molecule has 1 aromatic heterocycles. The van der Waals surface area contributed by atoms with Crippen molar-refractivity contribution in [1.29, 1.82) is 0 Å². The van der Waals surface area contributed by atoms with Gasteiger partial charge in [0.25, 0.3) is 0 Å². The minimum Gasteiger partial charge on any atom is -0.496 e. The van der Waals surface area contributed by atoms with Gasteiger partial charge in [-0.3, -0.25) is 9.59 Å². The summed E-state index contributed by atoms with van der Waals surface area (Å²) in [7, 11) is 3.46. The summed E-state index contributed by atoms with van der Waals surface area (Å²) in [6.07, 6.45) is -1.84. The molecule has 3 aromatic rings. The summed E-state index contributed by atoms with van der Waals surface area (Å²) in [5.74, 6) is 0.588. The van der Waals surface area contributed by atoms with Crippen LogP contribution in [0.25, 0.3) is 32.2 Å². The lowest BCUT2D eigenvalue weighted by atomic mass is 9.88. The van der Waals surface area contributed by atoms with Crippen LogP contribution in [0.15, 0.2) is 40.2 Å². The Morgan fingerprint density at radius 2 is 2.03 bits per heavy atom. The zero-order valence-corrected chi connectivity index (χ0v) is 22.8. The molecule has 1 saturated heterocycles. The molecule has 2 aliphatic heterocycles. The number of benzene rings is 2. The minimum atomic E-state index is -0.769. The lowest BCUT2D eigenvalue weighted by molar-refractivity contribution is -0.261. The van der Waals surface area contributed by atoms with E-state index in [4.69, 9.17) is 29.2 Å². The van der Waals surface area contributed by atoms with E-state index in [0.29, 0.717) is 28.7 Å². The molecule has 2 aliphatic rings. The molecule has 0 amide bonds. The molecule has 39 heavy (non-hydrogen) atoms. The molecule has 3 heterocycles. The van der Waals surface area contributed by atoms with E-state index in [9.17, 15) is 9.59 Å². The summed E-state index contributed by atoms with van der Waals surface area (Å²) in [4.78, 5) is 28.1. The van der Waals surface area contributed by atoms with Crippen LogP contribution in [0.1, 0.15) is 39.7 Å². The lowest BCUT2D eigenvalue weighted by Crippen LogP contribution is -2.54. The van der Waals surface area contributed by atoms with E-state index >= 15 is 0 Å². The summed E-state index contributed by atoms with van der Waals surface area (Å²) >= 11 is 0. The average molecular weight is 537 g/mol. The number of esters is 1. The number of para-hydroxylation sites is 1. The molecule has 2 aromatic carbocycles. The van der Waals surface area contributed by atoms with Gasteiger partial charge in [-0.15, -0.1) is 0 Å². The number of pyridine rings is 1. The quantitative estimate of drug-likeness (QED) is 0.154. The van der Waals surface area contributed by atoms with Gasteiger partial charge in [0.15, 0.2) is 6.29 Å². The van der Waals surface area contributed by atoms with Gasteiger partial charge in [-0.1, -0.05) is 17.2 Å². The Morgan fingerprint density at radius 3 is 2.72 bits per heavy atom. The van der Waals surface area contributed by atoms with E-state index in [0.717, 1.165) is 16.6 Å². The third kappa shape index (κ3) is 4.67. The summed E-state index contributed by atoms with van der Waals surface area (Å²) < 4.78 is 32.1. The highest BCUT2D eigenvalue weighted by Gasteiger charge is 2.45. The topological polar surface area (TPSA) is 134 Å². The molecular formula is C28H32N4O7. The minimum absolute atomic E-state index is 0.112. The molecule has 0 spiro atoms. The standard InChI is InChI=1S/C28H32N4O7/c1-14-27(37-15(2)33)18(30-31-29)12-23(36-14)38-22-11-17-20(39-28(22,3)4)13-21(35-6)24-25(17)32(5)19-10-8-7-9-16(19)26(24)34/h7-10,13-14,18,22-23,27H,11-12H2,1-6H3/t14-,18-,22+,23+,27+/m0/s1. The molecule has 0 radical (unpaired) electrons. The van der Waals surface area contributed by atoms with Gasteiger partial charge >= 0.3 is 5.97 Å². The van der Waals surface area contributed by atoms with Crippen molar-refractivity contribution in [3.8, 4) is 11.5 Å². The van der Waals surface area contributed by atoms with Crippen molar-refractivity contribution in [1.82, 2.24) is 4.57 Å². The molecule has 0 aliphatic carbocycles. The Bertz CT molecular complexity index is 1560. The number of hydrogen-bond acceptors (Lipinski definition) is 8. The number of carbonyl (C=O) groups is 1. The highest BCUT2D eigenvalue weighted by atomic mass is 16.7. The maximum Gasteiger partial charge on any atom is 0.303 e. The van der Waals surface area contributed by atoms with Crippen LogP contribution in [0, 0.1) is 0 Å². The van der Waals surface area contributed by atoms with Gasteiger partial charge < -0.3 is 28.3 Å². The summed E-state index contributed by atoms with van der Waals surface area (Å²) in [6, 6.07) is 8.59. The molecule has 11 heteroatoms. The fourth-order valence-electron chi connectivity index (χ4n) is 5.74. The largest absolute Gasteiger partial charge is 0.496 e. The number of fused-ring (bicyclic) bond motifs is 4. The maximum absolute atomic E-state index is 13.6. The second kappa shape index (κ2) is 10.1. The van der Waals surface area contributed by atoms with Gasteiger partial charge in [0.2, 0.25) is 5.43 Å². The number of hydrogen-bond donors (Lipinski definition) is 0. The Balaban J connectivity index is 1.55. The number of azide groups is 1. The molecule has 0 N–H and O–H groups in total. The molecule has 0 bridgehead atoms. The number of carbonyl (C=O) groups excluding carboxylic acids is 1. The van der Waals surface area contributed by atoms with Gasteiger partial charge in [-0.05, 0) is 38.4 Å². The summed E-state index contributed by atoms with van der Waals surface area (Å²) in [6.45, 7) is 6.91. The molecule has 1 fully saturated rings. The van der Waals surface area contributed by atoms with Gasteiger partial charge in [0, 0.05) is 48.7 Å². The van der Waals surface area contributed by atoms with Crippen LogP contribution in [-0.4, -0.2) is 53.9 Å². The van der Waals surface area contributed by atoms with Crippen LogP contribution < -0.4 is 14.9 Å². The Morgan fingerprint density at radius 1 is 1.28 bits per heavy atom. The number of nitrogens with zero attached hydrogens (tertiary/aromatic N) is 4. The number of ether oxygens (including phenoxy) is 5. The van der Waals surface area contributed by atoms with Crippen molar-refractivity contribution in [3.05, 3.63) is 56.6 Å². The van der Waals surface area contributed by atoms with Crippen LogP contribution >= 0.6 is 0 Å². The Kier molecular flexibility index (Phi) is 6.92. The third-order valence-electron chi connectivity index (χ3n) is 7.62. The summed E-state index contributed by atoms with van der Waals surface area (Å²) in [5, 5.41) is 4.94. The zero-order valence-electron chi connectivity index (χ0n) is 22.8. The second-order valence-electron chi connectivity index (χ2n) is 10.6. The van der Waals surface area contributed by atoms with Gasteiger partial charge in [-0.25, -0.2) is 0 Å². The van der Waals surface area contributed by atoms with Crippen LogP contribution in [-0.2, 0) is 32.5 Å². The lowest BCUT2D eigenvalue weighted by Gasteiger charge is -2.44. The first-order valence-corrected chi connectivity index (χ1v) is 12.9. The van der Waals surface area contributed by atoms with Crippen molar-refractivity contribution in [2.24, 2.45) is 12.2 Å².